The first-order valence-electron chi connectivity index (χ1n) is 9.63. The molecule has 0 unspecified atom stereocenters. The van der Waals surface area contributed by atoms with Gasteiger partial charge in [-0.05, 0) is 56.2 Å². The lowest BCUT2D eigenvalue weighted by Crippen LogP contribution is -2.13. The summed E-state index contributed by atoms with van der Waals surface area (Å²) in [5, 5.41) is 8.10. The quantitative estimate of drug-likeness (QED) is 0.574. The number of aromatic nitrogens is 2. The Labute approximate surface area is 176 Å². The van der Waals surface area contributed by atoms with Crippen LogP contribution in [-0.4, -0.2) is 15.7 Å². The van der Waals surface area contributed by atoms with Crippen LogP contribution in [0.15, 0.2) is 36.4 Å². The molecule has 1 aromatic heterocycles. The van der Waals surface area contributed by atoms with Crippen LogP contribution in [-0.2, 0) is 18.4 Å². The minimum atomic E-state index is -0.0122. The average molecular weight is 412 g/mol. The number of rotatable bonds is 6. The molecule has 0 saturated heterocycles. The van der Waals surface area contributed by atoms with E-state index in [1.165, 1.54) is 0 Å². The second-order valence-electron chi connectivity index (χ2n) is 7.16. The van der Waals surface area contributed by atoms with Gasteiger partial charge in [0, 0.05) is 35.8 Å². The van der Waals surface area contributed by atoms with Gasteiger partial charge in [-0.2, -0.15) is 5.10 Å². The maximum absolute atomic E-state index is 11.8. The zero-order valence-corrected chi connectivity index (χ0v) is 18.2. The van der Waals surface area contributed by atoms with E-state index in [1.807, 2.05) is 65.1 Å². The first-order valence-corrected chi connectivity index (χ1v) is 10.0. The van der Waals surface area contributed by atoms with Gasteiger partial charge < -0.3 is 10.1 Å². The van der Waals surface area contributed by atoms with Gasteiger partial charge in [0.2, 0.25) is 5.91 Å². The van der Waals surface area contributed by atoms with Gasteiger partial charge in [0.05, 0.1) is 5.69 Å². The van der Waals surface area contributed by atoms with Gasteiger partial charge in [0.1, 0.15) is 17.5 Å². The Balaban J connectivity index is 1.82. The molecule has 0 fully saturated rings. The van der Waals surface area contributed by atoms with Crippen molar-refractivity contribution in [2.24, 2.45) is 7.05 Å². The lowest BCUT2D eigenvalue weighted by molar-refractivity contribution is -0.115. The molecule has 2 aromatic carbocycles. The monoisotopic (exact) mass is 411 g/mol. The highest BCUT2D eigenvalue weighted by Gasteiger charge is 2.14. The number of carbonyl (C=O) groups excluding carboxylic acids is 1. The summed E-state index contributed by atoms with van der Waals surface area (Å²) >= 11 is 6.26. The molecule has 1 N–H and O–H groups in total. The van der Waals surface area contributed by atoms with Crippen LogP contribution in [0.25, 0.3) is 11.3 Å². The molecule has 6 heteroatoms. The fraction of sp³-hybridized carbons (Fsp3) is 0.304. The summed E-state index contributed by atoms with van der Waals surface area (Å²) in [6.07, 6.45) is 0.436. The number of hydrogen-bond donors (Lipinski definition) is 1. The third kappa shape index (κ3) is 4.46. The average Bonchev–Trinajstić information content (AvgIpc) is 2.95. The Hall–Kier alpha value is -2.79. The number of hydrogen-bond acceptors (Lipinski definition) is 3. The number of carbonyl (C=O) groups is 1. The van der Waals surface area contributed by atoms with Gasteiger partial charge in [0.15, 0.2) is 0 Å². The number of amides is 1. The van der Waals surface area contributed by atoms with Crippen LogP contribution in [0.2, 0.25) is 5.15 Å². The lowest BCUT2D eigenvalue weighted by atomic mass is 10.1. The van der Waals surface area contributed by atoms with E-state index in [4.69, 9.17) is 16.3 Å². The van der Waals surface area contributed by atoms with Crippen molar-refractivity contribution in [3.8, 4) is 17.0 Å². The fourth-order valence-corrected chi connectivity index (χ4v) is 3.37. The molecular formula is C23H26ClN3O2. The normalized spacial score (nSPS) is 10.8. The molecule has 0 aliphatic carbocycles. The largest absolute Gasteiger partial charge is 0.489 e. The molecule has 0 spiro atoms. The van der Waals surface area contributed by atoms with Gasteiger partial charge in [-0.1, -0.05) is 30.7 Å². The molecule has 1 amide bonds. The predicted molar refractivity (Wildman–Crippen MR) is 118 cm³/mol. The highest BCUT2D eigenvalue weighted by Crippen LogP contribution is 2.31. The van der Waals surface area contributed by atoms with Crippen molar-refractivity contribution in [1.29, 1.82) is 0 Å². The van der Waals surface area contributed by atoms with Gasteiger partial charge in [-0.15, -0.1) is 0 Å². The van der Waals surface area contributed by atoms with E-state index in [2.05, 4.69) is 16.5 Å². The van der Waals surface area contributed by atoms with E-state index in [0.29, 0.717) is 18.2 Å². The smallest absolute Gasteiger partial charge is 0.224 e. The molecule has 3 aromatic rings. The summed E-state index contributed by atoms with van der Waals surface area (Å²) in [7, 11) is 1.83. The van der Waals surface area contributed by atoms with Crippen LogP contribution in [0, 0.1) is 20.8 Å². The maximum Gasteiger partial charge on any atom is 0.224 e. The van der Waals surface area contributed by atoms with E-state index < -0.39 is 0 Å². The van der Waals surface area contributed by atoms with Crippen LogP contribution in [0.5, 0.6) is 5.75 Å². The Morgan fingerprint density at radius 2 is 1.93 bits per heavy atom. The molecule has 0 saturated carbocycles. The zero-order valence-electron chi connectivity index (χ0n) is 17.5. The third-order valence-electron chi connectivity index (χ3n) is 5.02. The van der Waals surface area contributed by atoms with Crippen molar-refractivity contribution >= 4 is 23.2 Å². The molecule has 5 nitrogen and oxygen atoms in total. The molecule has 0 atom stereocenters. The molecule has 0 radical (unpaired) electrons. The molecular weight excluding hydrogens is 386 g/mol. The van der Waals surface area contributed by atoms with Crippen LogP contribution in [0.1, 0.15) is 35.6 Å². The first-order chi connectivity index (χ1) is 13.8. The van der Waals surface area contributed by atoms with Crippen molar-refractivity contribution in [3.63, 3.8) is 0 Å². The second-order valence-corrected chi connectivity index (χ2v) is 7.52. The molecule has 0 aliphatic rings. The van der Waals surface area contributed by atoms with Crippen LogP contribution >= 0.6 is 11.6 Å². The molecule has 152 valence electrons. The minimum Gasteiger partial charge on any atom is -0.489 e. The minimum absolute atomic E-state index is 0.0122. The zero-order chi connectivity index (χ0) is 21.1. The number of ether oxygens (including phenoxy) is 1. The van der Waals surface area contributed by atoms with Gasteiger partial charge in [-0.25, -0.2) is 0 Å². The highest BCUT2D eigenvalue weighted by atomic mass is 35.5. The van der Waals surface area contributed by atoms with Crippen molar-refractivity contribution in [2.45, 2.75) is 40.7 Å². The number of halogens is 1. The summed E-state index contributed by atoms with van der Waals surface area (Å²) in [6.45, 7) is 8.21. The van der Waals surface area contributed by atoms with E-state index in [-0.39, 0.29) is 5.91 Å². The van der Waals surface area contributed by atoms with E-state index in [9.17, 15) is 4.79 Å². The van der Waals surface area contributed by atoms with E-state index in [1.54, 1.807) is 4.68 Å². The van der Waals surface area contributed by atoms with Gasteiger partial charge in [-0.3, -0.25) is 9.48 Å². The standard InChI is InChI=1S/C23H26ClN3O2/c1-6-21(28)25-19-9-7-8-14(2)18(19)13-29-20-11-10-17(12-15(20)3)22-16(4)23(24)27(5)26-22/h7-12H,6,13H2,1-5H3,(H,25,28). The topological polar surface area (TPSA) is 56.1 Å². The Morgan fingerprint density at radius 3 is 2.55 bits per heavy atom. The molecule has 1 heterocycles. The predicted octanol–water partition coefficient (Wildman–Crippen LogP) is 5.59. The highest BCUT2D eigenvalue weighted by molar-refractivity contribution is 6.30. The summed E-state index contributed by atoms with van der Waals surface area (Å²) in [5.41, 5.74) is 6.69. The number of nitrogens with zero attached hydrogens (tertiary/aromatic N) is 2. The van der Waals surface area contributed by atoms with Crippen molar-refractivity contribution in [1.82, 2.24) is 9.78 Å². The fourth-order valence-electron chi connectivity index (χ4n) is 3.24. The van der Waals surface area contributed by atoms with E-state index in [0.717, 1.165) is 44.9 Å². The summed E-state index contributed by atoms with van der Waals surface area (Å²) in [5.74, 6) is 0.784. The summed E-state index contributed by atoms with van der Waals surface area (Å²) in [6, 6.07) is 11.9. The molecule has 29 heavy (non-hydrogen) atoms. The van der Waals surface area contributed by atoms with Crippen LogP contribution in [0.4, 0.5) is 5.69 Å². The first kappa shape index (κ1) is 20.9. The lowest BCUT2D eigenvalue weighted by Gasteiger charge is -2.16. The number of benzene rings is 2. The summed E-state index contributed by atoms with van der Waals surface area (Å²) in [4.78, 5) is 11.8. The van der Waals surface area contributed by atoms with Crippen molar-refractivity contribution in [2.75, 3.05) is 5.32 Å². The molecule has 3 rings (SSSR count). The summed E-state index contributed by atoms with van der Waals surface area (Å²) < 4.78 is 7.78. The number of aryl methyl sites for hydroxylation is 3. The maximum atomic E-state index is 11.8. The van der Waals surface area contributed by atoms with Crippen molar-refractivity contribution < 1.29 is 9.53 Å². The van der Waals surface area contributed by atoms with Crippen LogP contribution in [0.3, 0.4) is 0 Å². The molecule has 0 aliphatic heterocycles. The molecule has 0 bridgehead atoms. The van der Waals surface area contributed by atoms with Gasteiger partial charge in [0.25, 0.3) is 0 Å². The SMILES string of the molecule is CCC(=O)Nc1cccc(C)c1COc1ccc(-c2nn(C)c(Cl)c2C)cc1C. The van der Waals surface area contributed by atoms with E-state index >= 15 is 0 Å². The Morgan fingerprint density at radius 1 is 1.17 bits per heavy atom. The Kier molecular flexibility index (Phi) is 6.28. The third-order valence-corrected chi connectivity index (χ3v) is 5.55. The van der Waals surface area contributed by atoms with Crippen molar-refractivity contribution in [3.05, 3.63) is 63.8 Å². The number of anilines is 1. The van der Waals surface area contributed by atoms with Crippen LogP contribution < -0.4 is 10.1 Å². The second kappa shape index (κ2) is 8.70. The van der Waals surface area contributed by atoms with Gasteiger partial charge >= 0.3 is 0 Å². The Bertz CT molecular complexity index is 1060. The number of nitrogens with one attached hydrogen (secondary N) is 1.